The van der Waals surface area contributed by atoms with E-state index in [1.807, 2.05) is 21.1 Å². The molecule has 0 spiro atoms. The zero-order chi connectivity index (χ0) is 64.7. The summed E-state index contributed by atoms with van der Waals surface area (Å²) in [4.78, 5) is 37.7. The maximum absolute atomic E-state index is 13.0. The number of allylic oxidation sites excluding steroid dienone is 20. The van der Waals surface area contributed by atoms with Gasteiger partial charge in [-0.1, -0.05) is 315 Å². The molecule has 2 unspecified atom stereocenters. The number of nitrogens with zero attached hydrogens (tertiary/aromatic N) is 1. The van der Waals surface area contributed by atoms with Crippen molar-refractivity contribution in [2.45, 2.75) is 322 Å². The molecule has 0 aliphatic rings. The highest BCUT2D eigenvalue weighted by Gasteiger charge is 2.25. The summed E-state index contributed by atoms with van der Waals surface area (Å²) in [5.41, 5.74) is 0. The summed E-state index contributed by atoms with van der Waals surface area (Å²) in [6.07, 6.45) is 96.1. The second kappa shape index (κ2) is 69.6. The van der Waals surface area contributed by atoms with Gasteiger partial charge < -0.3 is 28.5 Å². The Bertz CT molecular complexity index is 1880. The lowest BCUT2D eigenvalue weighted by molar-refractivity contribution is -0.870. The molecule has 89 heavy (non-hydrogen) atoms. The fourth-order valence-corrected chi connectivity index (χ4v) is 10.2. The van der Waals surface area contributed by atoms with Gasteiger partial charge in [-0.05, 0) is 103 Å². The molecule has 0 radical (unpaired) electrons. The molecule has 0 saturated heterocycles. The molecule has 0 amide bonds. The highest BCUT2D eigenvalue weighted by Crippen LogP contribution is 2.18. The van der Waals surface area contributed by atoms with Gasteiger partial charge in [0.05, 0.1) is 34.4 Å². The summed E-state index contributed by atoms with van der Waals surface area (Å²) in [6.45, 7) is 4.68. The average molecular weight is 1240 g/mol. The number of aliphatic carboxylic acids is 1. The van der Waals surface area contributed by atoms with Crippen LogP contribution >= 0.6 is 0 Å². The van der Waals surface area contributed by atoms with Crippen molar-refractivity contribution in [1.82, 2.24) is 0 Å². The van der Waals surface area contributed by atoms with Gasteiger partial charge in [-0.2, -0.15) is 0 Å². The van der Waals surface area contributed by atoms with E-state index in [1.54, 1.807) is 0 Å². The van der Waals surface area contributed by atoms with Crippen LogP contribution in [0, 0.1) is 0 Å². The fraction of sp³-hybridized carbons (Fsp3) is 0.713. The first-order valence-corrected chi connectivity index (χ1v) is 36.7. The highest BCUT2D eigenvalue weighted by molar-refractivity contribution is 5.71. The molecular weight excluding hydrogens is 1100 g/mol. The third kappa shape index (κ3) is 71.0. The number of esters is 2. The normalized spacial score (nSPS) is 13.4. The fourth-order valence-electron chi connectivity index (χ4n) is 10.2. The zero-order valence-corrected chi connectivity index (χ0v) is 58.3. The maximum Gasteiger partial charge on any atom is 0.361 e. The minimum Gasteiger partial charge on any atom is -0.477 e. The quantitative estimate of drug-likeness (QED) is 0.0211. The van der Waals surface area contributed by atoms with Gasteiger partial charge in [0, 0.05) is 12.8 Å². The third-order valence-electron chi connectivity index (χ3n) is 15.7. The molecule has 9 heteroatoms. The van der Waals surface area contributed by atoms with E-state index in [2.05, 4.69) is 135 Å². The average Bonchev–Trinajstić information content (AvgIpc) is 3.64. The van der Waals surface area contributed by atoms with Crippen LogP contribution in [0.25, 0.3) is 0 Å². The SMILES string of the molecule is CC/C=C\C/C=C\C/C=C\C/C=C\C/C=C\C/C=C\CCCCCCCCCCCCCCC(=O)OC(COC(=O)CCCCCCCCCCCCCCCCCCCCCC/C=C\C/C=C\C/C=C\C/C=C\CC)COC(OCC[N+](C)(C)C)C(=O)O. The molecule has 0 bridgehead atoms. The largest absolute Gasteiger partial charge is 0.477 e. The van der Waals surface area contributed by atoms with Crippen molar-refractivity contribution in [3.8, 4) is 0 Å². The smallest absolute Gasteiger partial charge is 0.361 e. The first-order valence-electron chi connectivity index (χ1n) is 36.7. The number of carbonyl (C=O) groups excluding carboxylic acids is 2. The van der Waals surface area contributed by atoms with Crippen molar-refractivity contribution in [3.05, 3.63) is 122 Å². The number of rotatable bonds is 67. The summed E-state index contributed by atoms with van der Waals surface area (Å²) in [5.74, 6) is -2.00. The summed E-state index contributed by atoms with van der Waals surface area (Å²) in [5, 5.41) is 9.76. The third-order valence-corrected chi connectivity index (χ3v) is 15.7. The van der Waals surface area contributed by atoms with Crippen LogP contribution in [0.3, 0.4) is 0 Å². The minimum absolute atomic E-state index is 0.184. The summed E-state index contributed by atoms with van der Waals surface area (Å²) >= 11 is 0. The van der Waals surface area contributed by atoms with Crippen LogP contribution < -0.4 is 0 Å². The molecule has 0 fully saturated rings. The van der Waals surface area contributed by atoms with Gasteiger partial charge in [0.25, 0.3) is 6.29 Å². The monoisotopic (exact) mass is 1240 g/mol. The van der Waals surface area contributed by atoms with Gasteiger partial charge in [0.1, 0.15) is 13.2 Å². The van der Waals surface area contributed by atoms with Crippen molar-refractivity contribution in [2.24, 2.45) is 0 Å². The van der Waals surface area contributed by atoms with Gasteiger partial charge in [0.15, 0.2) is 6.10 Å². The number of carbonyl (C=O) groups is 3. The Labute approximate surface area is 548 Å². The van der Waals surface area contributed by atoms with E-state index in [0.29, 0.717) is 23.9 Å². The van der Waals surface area contributed by atoms with Crippen molar-refractivity contribution in [3.63, 3.8) is 0 Å². The number of hydrogen-bond acceptors (Lipinski definition) is 7. The van der Waals surface area contributed by atoms with Crippen LogP contribution in [0.5, 0.6) is 0 Å². The Morgan fingerprint density at radius 1 is 0.337 bits per heavy atom. The van der Waals surface area contributed by atoms with Crippen LogP contribution in [0.1, 0.15) is 309 Å². The summed E-state index contributed by atoms with van der Waals surface area (Å²) in [7, 11) is 5.98. The van der Waals surface area contributed by atoms with Gasteiger partial charge in [-0.3, -0.25) is 9.59 Å². The molecule has 0 aliphatic heterocycles. The summed E-state index contributed by atoms with van der Waals surface area (Å²) < 4.78 is 23.0. The van der Waals surface area contributed by atoms with Gasteiger partial charge in [-0.15, -0.1) is 0 Å². The van der Waals surface area contributed by atoms with Crippen LogP contribution in [0.15, 0.2) is 122 Å². The van der Waals surface area contributed by atoms with E-state index in [4.69, 9.17) is 18.9 Å². The second-order valence-electron chi connectivity index (χ2n) is 25.5. The Balaban J connectivity index is 4.08. The minimum atomic E-state index is -1.52. The number of unbranched alkanes of at least 4 members (excludes halogenated alkanes) is 32. The van der Waals surface area contributed by atoms with Crippen molar-refractivity contribution in [1.29, 1.82) is 0 Å². The topological polar surface area (TPSA) is 108 Å². The van der Waals surface area contributed by atoms with Gasteiger partial charge >= 0.3 is 17.9 Å². The van der Waals surface area contributed by atoms with E-state index < -0.39 is 24.3 Å². The predicted molar refractivity (Wildman–Crippen MR) is 382 cm³/mol. The van der Waals surface area contributed by atoms with E-state index in [1.165, 1.54) is 173 Å². The molecule has 510 valence electrons. The first-order chi connectivity index (χ1) is 43.6. The summed E-state index contributed by atoms with van der Waals surface area (Å²) in [6, 6.07) is 0. The maximum atomic E-state index is 13.0. The van der Waals surface area contributed by atoms with E-state index in [0.717, 1.165) is 103 Å². The van der Waals surface area contributed by atoms with Gasteiger partial charge in [0.2, 0.25) is 0 Å². The number of ether oxygens (including phenoxy) is 4. The number of carboxylic acid groups (broad SMARTS) is 1. The number of likely N-dealkylation sites (N-methyl/N-ethyl adjacent to an activating group) is 1. The van der Waals surface area contributed by atoms with Crippen LogP contribution in [0.2, 0.25) is 0 Å². The lowest BCUT2D eigenvalue weighted by Gasteiger charge is -2.25. The lowest BCUT2D eigenvalue weighted by atomic mass is 10.0. The van der Waals surface area contributed by atoms with Crippen LogP contribution in [-0.4, -0.2) is 87.4 Å². The number of carboxylic acids is 1. The Morgan fingerprint density at radius 3 is 0.899 bits per heavy atom. The Kier molecular flexibility index (Phi) is 66.2. The van der Waals surface area contributed by atoms with Crippen molar-refractivity contribution >= 4 is 17.9 Å². The van der Waals surface area contributed by atoms with Gasteiger partial charge in [-0.25, -0.2) is 4.79 Å². The molecule has 0 heterocycles. The molecule has 0 saturated carbocycles. The standard InChI is InChI=1S/C80H137NO8/c1-6-8-10-12-14-16-18-20-22-24-26-28-30-32-34-36-38-39-41-42-44-46-48-50-52-54-56-58-60-62-64-66-68-70-77(82)87-74-76(75-88-80(79(84)85)86-73-72-81(3,4)5)89-78(83)71-69-67-65-63-61-59-57-55-53-51-49-47-45-43-40-37-35-33-31-29-27-25-23-21-19-17-15-13-11-9-7-2/h8-11,14-17,20-23,26-29,33,35,40,43,76,80H,6-7,12-13,18-19,24-25,30-32,34,36-39,41-42,44-75H2,1-5H3/p+1/b10-8-,11-9-,16-14-,17-15-,22-20-,23-21-,28-26-,29-27-,35-33-,43-40-. The van der Waals surface area contributed by atoms with Crippen LogP contribution in [0.4, 0.5) is 0 Å². The number of quaternary nitrogens is 1. The van der Waals surface area contributed by atoms with Crippen LogP contribution in [-0.2, 0) is 33.3 Å². The first kappa shape index (κ1) is 84.7. The molecular formula is C80H138NO8+. The van der Waals surface area contributed by atoms with Crippen molar-refractivity contribution in [2.75, 3.05) is 47.5 Å². The molecule has 9 nitrogen and oxygen atoms in total. The number of hydrogen-bond donors (Lipinski definition) is 1. The van der Waals surface area contributed by atoms with E-state index in [-0.39, 0.29) is 32.2 Å². The second-order valence-corrected chi connectivity index (χ2v) is 25.5. The highest BCUT2D eigenvalue weighted by atomic mass is 16.7. The van der Waals surface area contributed by atoms with E-state index >= 15 is 0 Å². The molecule has 0 aliphatic carbocycles. The molecule has 0 aromatic rings. The van der Waals surface area contributed by atoms with Crippen molar-refractivity contribution < 1.29 is 42.9 Å². The molecule has 2 atom stereocenters. The molecule has 1 N–H and O–H groups in total. The lowest BCUT2D eigenvalue weighted by Crippen LogP contribution is -2.40. The molecule has 0 rings (SSSR count). The molecule has 0 aromatic carbocycles. The zero-order valence-electron chi connectivity index (χ0n) is 58.3. The Hall–Kier alpha value is -4.31. The predicted octanol–water partition coefficient (Wildman–Crippen LogP) is 23.1. The molecule has 0 aromatic heterocycles. The Morgan fingerprint density at radius 2 is 0.607 bits per heavy atom. The van der Waals surface area contributed by atoms with E-state index in [9.17, 15) is 19.5 Å².